The molecular formula is C14H14Cl2N4O. The van der Waals surface area contributed by atoms with Crippen molar-refractivity contribution in [3.63, 3.8) is 0 Å². The van der Waals surface area contributed by atoms with Crippen LogP contribution >= 0.6 is 23.2 Å². The van der Waals surface area contributed by atoms with E-state index in [-0.39, 0.29) is 15.8 Å². The van der Waals surface area contributed by atoms with Crippen LogP contribution in [0, 0.1) is 0 Å². The van der Waals surface area contributed by atoms with E-state index in [0.717, 1.165) is 18.5 Å². The zero-order chi connectivity index (χ0) is 15.0. The molecule has 1 aromatic carbocycles. The summed E-state index contributed by atoms with van der Waals surface area (Å²) in [6.07, 6.45) is 2.33. The molecule has 0 atom stereocenters. The second-order valence-corrected chi connectivity index (χ2v) is 5.75. The summed E-state index contributed by atoms with van der Waals surface area (Å²) in [6.45, 7) is 0. The summed E-state index contributed by atoms with van der Waals surface area (Å²) in [6, 6.07) is 5.12. The molecular weight excluding hydrogens is 311 g/mol. The maximum Gasteiger partial charge on any atom is 0.224 e. The molecule has 1 heterocycles. The first-order chi connectivity index (χ1) is 10.1. The monoisotopic (exact) mass is 324 g/mol. The number of hydrogen-bond donors (Lipinski definition) is 3. The van der Waals surface area contributed by atoms with Gasteiger partial charge in [0.1, 0.15) is 5.82 Å². The van der Waals surface area contributed by atoms with Gasteiger partial charge >= 0.3 is 0 Å². The molecule has 1 aromatic heterocycles. The number of rotatable bonds is 4. The van der Waals surface area contributed by atoms with Gasteiger partial charge in [-0.15, -0.1) is 0 Å². The number of hydrogen-bond acceptors (Lipinski definition) is 5. The van der Waals surface area contributed by atoms with Gasteiger partial charge in [-0.05, 0) is 25.0 Å². The Kier molecular flexibility index (Phi) is 3.78. The van der Waals surface area contributed by atoms with E-state index in [1.54, 1.807) is 19.2 Å². The van der Waals surface area contributed by atoms with E-state index < -0.39 is 0 Å². The fraction of sp³-hybridized carbons (Fsp3) is 0.286. The molecule has 1 aliphatic rings. The highest BCUT2D eigenvalue weighted by molar-refractivity contribution is 6.37. The van der Waals surface area contributed by atoms with Gasteiger partial charge in [-0.1, -0.05) is 23.2 Å². The Morgan fingerprint density at radius 1 is 1.14 bits per heavy atom. The van der Waals surface area contributed by atoms with Crippen molar-refractivity contribution in [2.24, 2.45) is 0 Å². The highest BCUT2D eigenvalue weighted by atomic mass is 35.5. The highest BCUT2D eigenvalue weighted by Crippen LogP contribution is 2.40. The molecule has 0 bridgehead atoms. The van der Waals surface area contributed by atoms with Gasteiger partial charge < -0.3 is 15.7 Å². The van der Waals surface area contributed by atoms with Gasteiger partial charge in [-0.2, -0.15) is 4.98 Å². The number of benzene rings is 1. The van der Waals surface area contributed by atoms with Crippen molar-refractivity contribution in [1.29, 1.82) is 0 Å². The smallest absolute Gasteiger partial charge is 0.224 e. The minimum absolute atomic E-state index is 0.124. The lowest BCUT2D eigenvalue weighted by atomic mass is 10.2. The largest absolute Gasteiger partial charge is 0.505 e. The Morgan fingerprint density at radius 3 is 2.38 bits per heavy atom. The zero-order valence-electron chi connectivity index (χ0n) is 11.3. The molecule has 2 aromatic rings. The Morgan fingerprint density at radius 2 is 1.81 bits per heavy atom. The summed E-state index contributed by atoms with van der Waals surface area (Å²) in [7, 11) is 1.78. The molecule has 5 nitrogen and oxygen atoms in total. The van der Waals surface area contributed by atoms with Crippen molar-refractivity contribution >= 4 is 40.7 Å². The maximum atomic E-state index is 9.58. The average Bonchev–Trinajstić information content (AvgIpc) is 3.29. The van der Waals surface area contributed by atoms with Crippen LogP contribution in [-0.2, 0) is 0 Å². The molecule has 110 valence electrons. The average molecular weight is 325 g/mol. The molecule has 0 spiro atoms. The molecule has 0 amide bonds. The summed E-state index contributed by atoms with van der Waals surface area (Å²) < 4.78 is 0. The van der Waals surface area contributed by atoms with Crippen molar-refractivity contribution < 1.29 is 5.11 Å². The minimum Gasteiger partial charge on any atom is -0.505 e. The van der Waals surface area contributed by atoms with E-state index in [2.05, 4.69) is 20.6 Å². The summed E-state index contributed by atoms with van der Waals surface area (Å²) in [5.41, 5.74) is 1.68. The third-order valence-electron chi connectivity index (χ3n) is 3.25. The van der Waals surface area contributed by atoms with Gasteiger partial charge in [0.15, 0.2) is 5.75 Å². The second-order valence-electron chi connectivity index (χ2n) is 4.94. The van der Waals surface area contributed by atoms with Gasteiger partial charge in [0.05, 0.1) is 15.7 Å². The fourth-order valence-corrected chi connectivity index (χ4v) is 2.50. The first-order valence-corrected chi connectivity index (χ1v) is 7.34. The number of halogens is 2. The Labute approximate surface area is 132 Å². The summed E-state index contributed by atoms with van der Waals surface area (Å²) in [5, 5.41) is 16.1. The van der Waals surface area contributed by atoms with E-state index in [1.807, 2.05) is 6.07 Å². The number of nitrogens with zero attached hydrogens (tertiary/aromatic N) is 2. The normalized spacial score (nSPS) is 14.0. The van der Waals surface area contributed by atoms with Crippen molar-refractivity contribution in [3.8, 4) is 5.75 Å². The molecule has 1 aliphatic carbocycles. The Bertz CT molecular complexity index is 666. The maximum absolute atomic E-state index is 9.58. The number of nitrogens with one attached hydrogen (secondary N) is 2. The third-order valence-corrected chi connectivity index (χ3v) is 3.83. The molecule has 3 N–H and O–H groups in total. The van der Waals surface area contributed by atoms with Gasteiger partial charge in [0.2, 0.25) is 5.95 Å². The van der Waals surface area contributed by atoms with Crippen molar-refractivity contribution in [2.75, 3.05) is 17.7 Å². The molecule has 0 saturated heterocycles. The standard InChI is InChI=1S/C14H14Cl2N4O/c1-17-14-19-11(7-2-3-7)6-12(20-14)18-8-4-9(15)13(21)10(16)5-8/h4-7,21H,2-3H2,1H3,(H2,17,18,19,20). The first kappa shape index (κ1) is 14.2. The van der Waals surface area contributed by atoms with Gasteiger partial charge in [0, 0.05) is 24.7 Å². The van der Waals surface area contributed by atoms with Crippen LogP contribution in [0.4, 0.5) is 17.5 Å². The molecule has 0 unspecified atom stereocenters. The molecule has 7 heteroatoms. The van der Waals surface area contributed by atoms with Gasteiger partial charge in [-0.3, -0.25) is 0 Å². The lowest BCUT2D eigenvalue weighted by Crippen LogP contribution is -2.03. The number of aromatic hydroxyl groups is 1. The van der Waals surface area contributed by atoms with E-state index >= 15 is 0 Å². The van der Waals surface area contributed by atoms with Crippen molar-refractivity contribution in [1.82, 2.24) is 9.97 Å². The third kappa shape index (κ3) is 3.14. The topological polar surface area (TPSA) is 70.1 Å². The van der Waals surface area contributed by atoms with Gasteiger partial charge in [0.25, 0.3) is 0 Å². The first-order valence-electron chi connectivity index (χ1n) is 6.58. The van der Waals surface area contributed by atoms with Crippen LogP contribution in [-0.4, -0.2) is 22.1 Å². The molecule has 1 fully saturated rings. The minimum atomic E-state index is -0.124. The molecule has 3 rings (SSSR count). The number of anilines is 3. The Hall–Kier alpha value is -1.72. The summed E-state index contributed by atoms with van der Waals surface area (Å²) in [4.78, 5) is 8.81. The van der Waals surface area contributed by atoms with Crippen molar-refractivity contribution in [3.05, 3.63) is 33.9 Å². The van der Waals surface area contributed by atoms with E-state index in [0.29, 0.717) is 23.4 Å². The SMILES string of the molecule is CNc1nc(Nc2cc(Cl)c(O)c(Cl)c2)cc(C2CC2)n1. The van der Waals surface area contributed by atoms with Crippen LogP contribution in [0.5, 0.6) is 5.75 Å². The van der Waals surface area contributed by atoms with Crippen LogP contribution < -0.4 is 10.6 Å². The lowest BCUT2D eigenvalue weighted by Gasteiger charge is -2.11. The second kappa shape index (κ2) is 5.58. The zero-order valence-corrected chi connectivity index (χ0v) is 12.8. The Balaban J connectivity index is 1.92. The van der Waals surface area contributed by atoms with E-state index in [4.69, 9.17) is 23.2 Å². The van der Waals surface area contributed by atoms with Crippen LogP contribution in [0.25, 0.3) is 0 Å². The summed E-state index contributed by atoms with van der Waals surface area (Å²) in [5.74, 6) is 1.63. The summed E-state index contributed by atoms with van der Waals surface area (Å²) >= 11 is 11.8. The van der Waals surface area contributed by atoms with Crippen LogP contribution in [0.1, 0.15) is 24.5 Å². The number of aromatic nitrogens is 2. The predicted molar refractivity (Wildman–Crippen MR) is 85.0 cm³/mol. The van der Waals surface area contributed by atoms with Crippen LogP contribution in [0.2, 0.25) is 10.0 Å². The van der Waals surface area contributed by atoms with E-state index in [1.165, 1.54) is 0 Å². The molecule has 21 heavy (non-hydrogen) atoms. The number of phenolic OH excluding ortho intramolecular Hbond substituents is 1. The molecule has 0 aliphatic heterocycles. The molecule has 0 radical (unpaired) electrons. The van der Waals surface area contributed by atoms with Crippen molar-refractivity contribution in [2.45, 2.75) is 18.8 Å². The van der Waals surface area contributed by atoms with Crippen LogP contribution in [0.3, 0.4) is 0 Å². The highest BCUT2D eigenvalue weighted by Gasteiger charge is 2.26. The van der Waals surface area contributed by atoms with E-state index in [9.17, 15) is 5.11 Å². The fourth-order valence-electron chi connectivity index (χ4n) is 2.02. The van der Waals surface area contributed by atoms with Gasteiger partial charge in [-0.25, -0.2) is 4.98 Å². The molecule has 1 saturated carbocycles. The number of phenols is 1. The predicted octanol–water partition coefficient (Wildman–Crippen LogP) is 4.15. The quantitative estimate of drug-likeness (QED) is 0.737. The lowest BCUT2D eigenvalue weighted by molar-refractivity contribution is 0.476. The van der Waals surface area contributed by atoms with Crippen LogP contribution in [0.15, 0.2) is 18.2 Å².